The van der Waals surface area contributed by atoms with Gasteiger partial charge in [0.1, 0.15) is 17.2 Å². The van der Waals surface area contributed by atoms with Crippen LogP contribution in [0.15, 0.2) is 41.3 Å². The topological polar surface area (TPSA) is 84.6 Å². The summed E-state index contributed by atoms with van der Waals surface area (Å²) in [5.74, 6) is 0. The summed E-state index contributed by atoms with van der Waals surface area (Å²) in [5, 5.41) is 20.1. The fourth-order valence-electron chi connectivity index (χ4n) is 3.74. The number of unbranched alkanes of at least 4 members (excludes halogenated alkanes) is 2. The van der Waals surface area contributed by atoms with Gasteiger partial charge in [-0.1, -0.05) is 44.0 Å². The molecule has 0 bridgehead atoms. The van der Waals surface area contributed by atoms with Crippen molar-refractivity contribution in [2.24, 2.45) is 0 Å². The molecule has 0 radical (unpaired) electrons. The SMILES string of the molecule is CCCCCc1ccc(-c2cc3cn(C4CC(O)C(CO)O4)c(=O)nc3s2)cc1. The highest BCUT2D eigenvalue weighted by Crippen LogP contribution is 2.33. The highest BCUT2D eigenvalue weighted by molar-refractivity contribution is 7.21. The predicted molar refractivity (Wildman–Crippen MR) is 114 cm³/mol. The van der Waals surface area contributed by atoms with Gasteiger partial charge in [0.25, 0.3) is 0 Å². The van der Waals surface area contributed by atoms with E-state index in [4.69, 9.17) is 4.74 Å². The maximum absolute atomic E-state index is 12.5. The summed E-state index contributed by atoms with van der Waals surface area (Å²) in [5.41, 5.74) is 2.04. The minimum atomic E-state index is -0.790. The summed E-state index contributed by atoms with van der Waals surface area (Å²) in [7, 11) is 0. The zero-order valence-corrected chi connectivity index (χ0v) is 17.3. The van der Waals surface area contributed by atoms with Crippen LogP contribution in [0.1, 0.15) is 44.4 Å². The third kappa shape index (κ3) is 4.28. The molecule has 1 saturated heterocycles. The maximum atomic E-state index is 12.5. The standard InChI is InChI=1S/C22H26N2O4S/c1-2-3-4-5-14-6-8-15(9-7-14)19-10-16-12-24(22(27)23-21(16)29-19)20-11-17(26)18(13-25)28-20/h6-10,12,17-18,20,25-26H,2-5,11,13H2,1H3. The molecule has 1 aromatic carbocycles. The molecule has 3 heterocycles. The normalized spacial score (nSPS) is 21.8. The van der Waals surface area contributed by atoms with Gasteiger partial charge in [-0.15, -0.1) is 11.3 Å². The Morgan fingerprint density at radius 1 is 1.28 bits per heavy atom. The number of hydrogen-bond donors (Lipinski definition) is 2. The molecular weight excluding hydrogens is 388 g/mol. The number of benzene rings is 1. The van der Waals surface area contributed by atoms with E-state index < -0.39 is 24.1 Å². The quantitative estimate of drug-likeness (QED) is 0.578. The van der Waals surface area contributed by atoms with Gasteiger partial charge in [0.15, 0.2) is 0 Å². The fourth-order valence-corrected chi connectivity index (χ4v) is 4.74. The van der Waals surface area contributed by atoms with Crippen molar-refractivity contribution in [3.63, 3.8) is 0 Å². The van der Waals surface area contributed by atoms with Gasteiger partial charge in [-0.2, -0.15) is 4.98 Å². The molecule has 0 aliphatic carbocycles. The molecule has 4 rings (SSSR count). The Labute approximate surface area is 173 Å². The van der Waals surface area contributed by atoms with Crippen molar-refractivity contribution < 1.29 is 14.9 Å². The first kappa shape index (κ1) is 20.2. The van der Waals surface area contributed by atoms with Crippen molar-refractivity contribution in [3.05, 3.63) is 52.6 Å². The minimum Gasteiger partial charge on any atom is -0.394 e. The van der Waals surface area contributed by atoms with E-state index in [1.54, 1.807) is 6.20 Å². The Balaban J connectivity index is 1.58. The number of nitrogens with zero attached hydrogens (tertiary/aromatic N) is 2. The van der Waals surface area contributed by atoms with Gasteiger partial charge in [0, 0.05) is 22.9 Å². The fraction of sp³-hybridized carbons (Fsp3) is 0.455. The van der Waals surface area contributed by atoms with Crippen molar-refractivity contribution in [2.45, 2.75) is 57.5 Å². The first-order chi connectivity index (χ1) is 14.1. The van der Waals surface area contributed by atoms with Gasteiger partial charge in [-0.3, -0.25) is 4.57 Å². The van der Waals surface area contributed by atoms with Crippen LogP contribution in [0.4, 0.5) is 0 Å². The van der Waals surface area contributed by atoms with Crippen molar-refractivity contribution in [1.82, 2.24) is 9.55 Å². The Bertz CT molecular complexity index is 1030. The number of aryl methyl sites for hydroxylation is 1. The molecule has 1 aliphatic heterocycles. The number of thiophene rings is 1. The molecule has 3 unspecified atom stereocenters. The largest absolute Gasteiger partial charge is 0.394 e. The zero-order chi connectivity index (χ0) is 20.4. The first-order valence-corrected chi connectivity index (χ1v) is 11.0. The third-order valence-electron chi connectivity index (χ3n) is 5.44. The highest BCUT2D eigenvalue weighted by Gasteiger charge is 2.35. The monoisotopic (exact) mass is 414 g/mol. The lowest BCUT2D eigenvalue weighted by Gasteiger charge is -2.14. The number of aliphatic hydroxyl groups excluding tert-OH is 2. The summed E-state index contributed by atoms with van der Waals surface area (Å²) in [6.07, 6.45) is 4.71. The number of ether oxygens (including phenoxy) is 1. The molecule has 2 aromatic heterocycles. The number of aromatic nitrogens is 2. The molecule has 29 heavy (non-hydrogen) atoms. The van der Waals surface area contributed by atoms with E-state index in [9.17, 15) is 15.0 Å². The van der Waals surface area contributed by atoms with Gasteiger partial charge < -0.3 is 14.9 Å². The van der Waals surface area contributed by atoms with Crippen molar-refractivity contribution in [1.29, 1.82) is 0 Å². The smallest absolute Gasteiger partial charge is 0.351 e. The number of aliphatic hydroxyl groups is 2. The van der Waals surface area contributed by atoms with E-state index in [2.05, 4.69) is 36.2 Å². The summed E-state index contributed by atoms with van der Waals surface area (Å²) in [6, 6.07) is 10.6. The number of fused-ring (bicyclic) bond motifs is 1. The summed E-state index contributed by atoms with van der Waals surface area (Å²) < 4.78 is 7.02. The Morgan fingerprint density at radius 3 is 2.76 bits per heavy atom. The summed E-state index contributed by atoms with van der Waals surface area (Å²) in [6.45, 7) is 1.93. The van der Waals surface area contributed by atoms with Crippen LogP contribution >= 0.6 is 11.3 Å². The summed E-state index contributed by atoms with van der Waals surface area (Å²) in [4.78, 5) is 18.4. The van der Waals surface area contributed by atoms with Crippen LogP contribution in [-0.2, 0) is 11.2 Å². The van der Waals surface area contributed by atoms with Crippen molar-refractivity contribution in [3.8, 4) is 10.4 Å². The van der Waals surface area contributed by atoms with E-state index >= 15 is 0 Å². The van der Waals surface area contributed by atoms with Crippen LogP contribution in [-0.4, -0.2) is 38.6 Å². The molecule has 1 aliphatic rings. The molecule has 3 atom stereocenters. The summed E-state index contributed by atoms with van der Waals surface area (Å²) >= 11 is 1.49. The van der Waals surface area contributed by atoms with Crippen LogP contribution in [0, 0.1) is 0 Å². The average Bonchev–Trinajstić information content (AvgIpc) is 3.30. The Morgan fingerprint density at radius 2 is 2.07 bits per heavy atom. The third-order valence-corrected chi connectivity index (χ3v) is 6.53. The van der Waals surface area contributed by atoms with Crippen molar-refractivity contribution in [2.75, 3.05) is 6.61 Å². The maximum Gasteiger partial charge on any atom is 0.351 e. The molecule has 0 amide bonds. The second-order valence-electron chi connectivity index (χ2n) is 7.57. The zero-order valence-electron chi connectivity index (χ0n) is 16.5. The molecule has 2 N–H and O–H groups in total. The average molecular weight is 415 g/mol. The van der Waals surface area contributed by atoms with Crippen molar-refractivity contribution >= 4 is 21.6 Å². The molecule has 7 heteroatoms. The molecule has 3 aromatic rings. The lowest BCUT2D eigenvalue weighted by Crippen LogP contribution is -2.27. The second kappa shape index (κ2) is 8.75. The minimum absolute atomic E-state index is 0.259. The molecule has 1 fully saturated rings. The van der Waals surface area contributed by atoms with Gasteiger partial charge in [-0.25, -0.2) is 4.79 Å². The van der Waals surface area contributed by atoms with E-state index in [0.717, 1.165) is 22.2 Å². The van der Waals surface area contributed by atoms with Crippen LogP contribution in [0.3, 0.4) is 0 Å². The lowest BCUT2D eigenvalue weighted by molar-refractivity contribution is -0.0457. The van der Waals surface area contributed by atoms with E-state index in [-0.39, 0.29) is 13.0 Å². The van der Waals surface area contributed by atoms with Gasteiger partial charge in [0.2, 0.25) is 0 Å². The Hall–Kier alpha value is -2.06. The molecule has 0 saturated carbocycles. The molecular formula is C22H26N2O4S. The van der Waals surface area contributed by atoms with Crippen LogP contribution in [0.25, 0.3) is 20.7 Å². The van der Waals surface area contributed by atoms with Crippen LogP contribution < -0.4 is 5.69 Å². The molecule has 154 valence electrons. The van der Waals surface area contributed by atoms with Gasteiger partial charge in [-0.05, 0) is 30.0 Å². The number of rotatable bonds is 7. The molecule has 6 nitrogen and oxygen atoms in total. The number of hydrogen-bond acceptors (Lipinski definition) is 6. The van der Waals surface area contributed by atoms with E-state index in [1.807, 2.05) is 6.07 Å². The van der Waals surface area contributed by atoms with Crippen LogP contribution in [0.2, 0.25) is 0 Å². The lowest BCUT2D eigenvalue weighted by atomic mass is 10.0. The van der Waals surface area contributed by atoms with Gasteiger partial charge >= 0.3 is 5.69 Å². The second-order valence-corrected chi connectivity index (χ2v) is 8.60. The Kier molecular flexibility index (Phi) is 6.10. The molecule has 0 spiro atoms. The van der Waals surface area contributed by atoms with Crippen LogP contribution in [0.5, 0.6) is 0 Å². The van der Waals surface area contributed by atoms with Gasteiger partial charge in [0.05, 0.1) is 12.7 Å². The predicted octanol–water partition coefficient (Wildman–Crippen LogP) is 3.50. The van der Waals surface area contributed by atoms with E-state index in [0.29, 0.717) is 4.83 Å². The first-order valence-electron chi connectivity index (χ1n) is 10.2. The van der Waals surface area contributed by atoms with E-state index in [1.165, 1.54) is 40.7 Å². The highest BCUT2D eigenvalue weighted by atomic mass is 32.1.